The summed E-state index contributed by atoms with van der Waals surface area (Å²) >= 11 is 0. The number of aliphatic carboxylic acids is 1. The number of carbonyl (C=O) groups excluding carboxylic acids is 1. The number of hydrogen-bond acceptors (Lipinski definition) is 3. The lowest BCUT2D eigenvalue weighted by atomic mass is 10.2. The second-order valence-electron chi connectivity index (χ2n) is 2.99. The normalized spacial score (nSPS) is 10.9. The standard InChI is InChI=1S/C11H16O4/c1-3-5-7-15-11(14)9(6-4-2)8-10(12)13/h4,8H,2-3,5-7H2,1H3,(H,12,13). The maximum atomic E-state index is 11.3. The zero-order valence-corrected chi connectivity index (χ0v) is 8.86. The number of carbonyl (C=O) groups is 2. The van der Waals surface area contributed by atoms with E-state index in [1.54, 1.807) is 0 Å². The van der Waals surface area contributed by atoms with Gasteiger partial charge in [-0.05, 0) is 12.8 Å². The molecule has 0 saturated carbocycles. The average Bonchev–Trinajstić information content (AvgIpc) is 2.17. The smallest absolute Gasteiger partial charge is 0.334 e. The van der Waals surface area contributed by atoms with Gasteiger partial charge in [0.1, 0.15) is 0 Å². The van der Waals surface area contributed by atoms with E-state index in [4.69, 9.17) is 9.84 Å². The monoisotopic (exact) mass is 212 g/mol. The Morgan fingerprint density at radius 3 is 2.60 bits per heavy atom. The van der Waals surface area contributed by atoms with Crippen LogP contribution in [0.2, 0.25) is 0 Å². The molecule has 0 bridgehead atoms. The van der Waals surface area contributed by atoms with Gasteiger partial charge in [0, 0.05) is 11.6 Å². The Labute approximate surface area is 89.2 Å². The first kappa shape index (κ1) is 13.4. The third-order valence-corrected chi connectivity index (χ3v) is 1.66. The molecule has 0 aliphatic rings. The molecule has 0 aromatic rings. The van der Waals surface area contributed by atoms with Gasteiger partial charge in [-0.3, -0.25) is 0 Å². The summed E-state index contributed by atoms with van der Waals surface area (Å²) in [6.07, 6.45) is 4.23. The van der Waals surface area contributed by atoms with Crippen molar-refractivity contribution in [2.24, 2.45) is 0 Å². The Balaban J connectivity index is 4.29. The number of allylic oxidation sites excluding steroid dienone is 1. The van der Waals surface area contributed by atoms with Crippen molar-refractivity contribution >= 4 is 11.9 Å². The van der Waals surface area contributed by atoms with E-state index in [2.05, 4.69) is 6.58 Å². The van der Waals surface area contributed by atoms with Crippen molar-refractivity contribution in [1.29, 1.82) is 0 Å². The molecule has 0 saturated heterocycles. The molecule has 1 N–H and O–H groups in total. The van der Waals surface area contributed by atoms with Crippen LogP contribution in [-0.4, -0.2) is 23.7 Å². The molecule has 0 aromatic heterocycles. The SMILES string of the molecule is C=CCC(=CC(=O)O)C(=O)OCCCC. The highest BCUT2D eigenvalue weighted by atomic mass is 16.5. The number of rotatable bonds is 7. The molecule has 0 atom stereocenters. The number of ether oxygens (including phenoxy) is 1. The molecule has 4 heteroatoms. The van der Waals surface area contributed by atoms with Crippen molar-refractivity contribution in [2.75, 3.05) is 6.61 Å². The van der Waals surface area contributed by atoms with Crippen LogP contribution >= 0.6 is 0 Å². The number of esters is 1. The predicted molar refractivity (Wildman–Crippen MR) is 56.4 cm³/mol. The fourth-order valence-electron chi connectivity index (χ4n) is 0.908. The summed E-state index contributed by atoms with van der Waals surface area (Å²) in [5.41, 5.74) is 0.119. The molecule has 0 radical (unpaired) electrons. The van der Waals surface area contributed by atoms with Crippen LogP contribution in [0.5, 0.6) is 0 Å². The van der Waals surface area contributed by atoms with Gasteiger partial charge < -0.3 is 9.84 Å². The van der Waals surface area contributed by atoms with Gasteiger partial charge in [-0.25, -0.2) is 9.59 Å². The zero-order valence-electron chi connectivity index (χ0n) is 8.86. The summed E-state index contributed by atoms with van der Waals surface area (Å²) in [5.74, 6) is -1.73. The molecule has 4 nitrogen and oxygen atoms in total. The molecule has 0 amide bonds. The molecule has 0 spiro atoms. The van der Waals surface area contributed by atoms with Gasteiger partial charge in [-0.15, -0.1) is 6.58 Å². The van der Waals surface area contributed by atoms with Crippen LogP contribution in [0, 0.1) is 0 Å². The van der Waals surface area contributed by atoms with Crippen molar-refractivity contribution in [3.63, 3.8) is 0 Å². The molecule has 0 unspecified atom stereocenters. The van der Waals surface area contributed by atoms with Crippen molar-refractivity contribution in [1.82, 2.24) is 0 Å². The van der Waals surface area contributed by atoms with Crippen molar-refractivity contribution in [2.45, 2.75) is 26.2 Å². The highest BCUT2D eigenvalue weighted by molar-refractivity contribution is 5.95. The summed E-state index contributed by atoms with van der Waals surface area (Å²) in [7, 11) is 0. The van der Waals surface area contributed by atoms with E-state index >= 15 is 0 Å². The maximum Gasteiger partial charge on any atom is 0.334 e. The zero-order chi connectivity index (χ0) is 11.7. The lowest BCUT2D eigenvalue weighted by Crippen LogP contribution is -2.10. The van der Waals surface area contributed by atoms with Gasteiger partial charge >= 0.3 is 11.9 Å². The topological polar surface area (TPSA) is 63.6 Å². The average molecular weight is 212 g/mol. The Morgan fingerprint density at radius 1 is 1.47 bits per heavy atom. The molecular formula is C11H16O4. The first-order chi connectivity index (χ1) is 7.11. The Hall–Kier alpha value is -1.58. The third-order valence-electron chi connectivity index (χ3n) is 1.66. The molecule has 0 heterocycles. The van der Waals surface area contributed by atoms with Crippen molar-refractivity contribution < 1.29 is 19.4 Å². The van der Waals surface area contributed by atoms with Crippen LogP contribution in [0.25, 0.3) is 0 Å². The van der Waals surface area contributed by atoms with E-state index in [0.717, 1.165) is 18.9 Å². The van der Waals surface area contributed by atoms with Gasteiger partial charge in [-0.1, -0.05) is 19.4 Å². The highest BCUT2D eigenvalue weighted by Crippen LogP contribution is 2.05. The van der Waals surface area contributed by atoms with Crippen molar-refractivity contribution in [3.05, 3.63) is 24.3 Å². The number of carboxylic acids is 1. The molecule has 0 aromatic carbocycles. The van der Waals surface area contributed by atoms with Crippen LogP contribution in [0.4, 0.5) is 0 Å². The van der Waals surface area contributed by atoms with Gasteiger partial charge in [0.2, 0.25) is 0 Å². The molecule has 84 valence electrons. The number of unbranched alkanes of at least 4 members (excludes halogenated alkanes) is 1. The third kappa shape index (κ3) is 6.49. The summed E-state index contributed by atoms with van der Waals surface area (Å²) < 4.78 is 4.88. The molecule has 0 aliphatic carbocycles. The van der Waals surface area contributed by atoms with E-state index in [0.29, 0.717) is 6.61 Å². The van der Waals surface area contributed by atoms with E-state index in [9.17, 15) is 9.59 Å². The lowest BCUT2D eigenvalue weighted by molar-refractivity contribution is -0.140. The Bertz CT molecular complexity index is 266. The van der Waals surface area contributed by atoms with Gasteiger partial charge in [-0.2, -0.15) is 0 Å². The van der Waals surface area contributed by atoms with E-state index in [-0.39, 0.29) is 12.0 Å². The minimum atomic E-state index is -1.15. The second kappa shape index (κ2) is 7.79. The maximum absolute atomic E-state index is 11.3. The summed E-state index contributed by atoms with van der Waals surface area (Å²) in [6.45, 7) is 5.75. The Morgan fingerprint density at radius 2 is 2.13 bits per heavy atom. The summed E-state index contributed by atoms with van der Waals surface area (Å²) in [4.78, 5) is 21.7. The molecular weight excluding hydrogens is 196 g/mol. The fourth-order valence-corrected chi connectivity index (χ4v) is 0.908. The minimum absolute atomic E-state index is 0.119. The second-order valence-corrected chi connectivity index (χ2v) is 2.99. The minimum Gasteiger partial charge on any atom is -0.478 e. The van der Waals surface area contributed by atoms with Crippen LogP contribution < -0.4 is 0 Å². The highest BCUT2D eigenvalue weighted by Gasteiger charge is 2.10. The predicted octanol–water partition coefficient (Wildman–Crippen LogP) is 1.92. The van der Waals surface area contributed by atoms with E-state index in [1.165, 1.54) is 6.08 Å². The van der Waals surface area contributed by atoms with Gasteiger partial charge in [0.25, 0.3) is 0 Å². The fraction of sp³-hybridized carbons (Fsp3) is 0.455. The number of carboxylic acid groups (broad SMARTS) is 1. The quantitative estimate of drug-likeness (QED) is 0.303. The largest absolute Gasteiger partial charge is 0.478 e. The van der Waals surface area contributed by atoms with Crippen molar-refractivity contribution in [3.8, 4) is 0 Å². The van der Waals surface area contributed by atoms with Crippen LogP contribution in [0.1, 0.15) is 26.2 Å². The molecule has 0 aliphatic heterocycles. The van der Waals surface area contributed by atoms with E-state index < -0.39 is 11.9 Å². The first-order valence-corrected chi connectivity index (χ1v) is 4.83. The summed E-state index contributed by atoms with van der Waals surface area (Å²) in [6, 6.07) is 0. The van der Waals surface area contributed by atoms with Gasteiger partial charge in [0.05, 0.1) is 6.61 Å². The van der Waals surface area contributed by atoms with Crippen LogP contribution in [-0.2, 0) is 14.3 Å². The van der Waals surface area contributed by atoms with Gasteiger partial charge in [0.15, 0.2) is 0 Å². The first-order valence-electron chi connectivity index (χ1n) is 4.83. The molecule has 0 fully saturated rings. The van der Waals surface area contributed by atoms with Crippen LogP contribution in [0.15, 0.2) is 24.3 Å². The Kier molecular flexibility index (Phi) is 6.97. The van der Waals surface area contributed by atoms with Crippen LogP contribution in [0.3, 0.4) is 0 Å². The number of hydrogen-bond donors (Lipinski definition) is 1. The molecule has 0 rings (SSSR count). The van der Waals surface area contributed by atoms with E-state index in [1.807, 2.05) is 6.92 Å². The summed E-state index contributed by atoms with van der Waals surface area (Å²) in [5, 5.41) is 8.51. The molecule has 15 heavy (non-hydrogen) atoms. The lowest BCUT2D eigenvalue weighted by Gasteiger charge is -2.05.